The zero-order chi connectivity index (χ0) is 11.5. The number of nitrogens with zero attached hydrogens (tertiary/aromatic N) is 2. The van der Waals surface area contributed by atoms with E-state index >= 15 is 0 Å². The van der Waals surface area contributed by atoms with E-state index in [1.165, 1.54) is 19.4 Å². The number of anilines is 1. The lowest BCUT2D eigenvalue weighted by atomic mass is 10.2. The molecule has 0 bridgehead atoms. The second-order valence-electron chi connectivity index (χ2n) is 4.43. The van der Waals surface area contributed by atoms with Gasteiger partial charge in [0.15, 0.2) is 0 Å². The summed E-state index contributed by atoms with van der Waals surface area (Å²) in [6.07, 6.45) is 4.21. The molecule has 1 atom stereocenters. The first-order valence-electron chi connectivity index (χ1n) is 5.72. The van der Waals surface area contributed by atoms with Gasteiger partial charge in [-0.25, -0.2) is 0 Å². The van der Waals surface area contributed by atoms with E-state index in [-0.39, 0.29) is 0 Å². The molecule has 0 amide bonds. The van der Waals surface area contributed by atoms with Crippen molar-refractivity contribution in [3.05, 3.63) is 18.0 Å². The first kappa shape index (κ1) is 11.2. The van der Waals surface area contributed by atoms with Crippen molar-refractivity contribution < 1.29 is 4.74 Å². The third-order valence-corrected chi connectivity index (χ3v) is 3.21. The minimum atomic E-state index is 0.530. The van der Waals surface area contributed by atoms with Crippen molar-refractivity contribution >= 4 is 5.69 Å². The second kappa shape index (κ2) is 4.70. The molecule has 2 heterocycles. The van der Waals surface area contributed by atoms with Crippen LogP contribution in [-0.2, 0) is 0 Å². The molecule has 2 rings (SSSR count). The van der Waals surface area contributed by atoms with Gasteiger partial charge in [0.25, 0.3) is 0 Å². The normalized spacial score (nSPS) is 21.2. The Hall–Kier alpha value is -1.29. The number of aryl methyl sites for hydroxylation is 1. The molecule has 1 fully saturated rings. The molecule has 0 spiro atoms. The maximum atomic E-state index is 5.78. The largest absolute Gasteiger partial charge is 0.490 e. The Morgan fingerprint density at radius 1 is 1.62 bits per heavy atom. The van der Waals surface area contributed by atoms with Crippen LogP contribution < -0.4 is 10.5 Å². The average molecular weight is 221 g/mol. The Balaban J connectivity index is 1.91. The van der Waals surface area contributed by atoms with Crippen LogP contribution in [0.2, 0.25) is 0 Å². The van der Waals surface area contributed by atoms with E-state index in [2.05, 4.69) is 16.9 Å². The van der Waals surface area contributed by atoms with Crippen LogP contribution in [0.25, 0.3) is 0 Å². The molecular formula is C12H19N3O. The summed E-state index contributed by atoms with van der Waals surface area (Å²) in [5.74, 6) is 0.767. The number of likely N-dealkylation sites (tertiary alicyclic amines) is 1. The Kier molecular flexibility index (Phi) is 3.29. The van der Waals surface area contributed by atoms with E-state index in [9.17, 15) is 0 Å². The lowest BCUT2D eigenvalue weighted by Gasteiger charge is -2.19. The van der Waals surface area contributed by atoms with Gasteiger partial charge in [-0.15, -0.1) is 0 Å². The van der Waals surface area contributed by atoms with Crippen LogP contribution in [0.15, 0.2) is 12.3 Å². The third-order valence-electron chi connectivity index (χ3n) is 3.21. The number of aromatic nitrogens is 1. The number of likely N-dealkylation sites (N-methyl/N-ethyl adjacent to an activating group) is 1. The molecule has 1 aromatic rings. The number of hydrogen-bond donors (Lipinski definition) is 1. The first-order valence-corrected chi connectivity index (χ1v) is 5.72. The highest BCUT2D eigenvalue weighted by atomic mass is 16.5. The van der Waals surface area contributed by atoms with Gasteiger partial charge in [-0.05, 0) is 33.4 Å². The highest BCUT2D eigenvalue weighted by Gasteiger charge is 2.21. The molecule has 0 radical (unpaired) electrons. The molecule has 1 aliphatic heterocycles. The van der Waals surface area contributed by atoms with Gasteiger partial charge in [-0.2, -0.15) is 0 Å². The fraction of sp³-hybridized carbons (Fsp3) is 0.583. The SMILES string of the molecule is Cc1ncc(OC[C@@H]2CCCN2C)cc1N. The highest BCUT2D eigenvalue weighted by molar-refractivity contribution is 5.46. The molecular weight excluding hydrogens is 202 g/mol. The van der Waals surface area contributed by atoms with Crippen LogP contribution in [0.1, 0.15) is 18.5 Å². The monoisotopic (exact) mass is 221 g/mol. The van der Waals surface area contributed by atoms with Crippen LogP contribution in [0.5, 0.6) is 5.75 Å². The predicted molar refractivity (Wildman–Crippen MR) is 64.5 cm³/mol. The standard InChI is InChI=1S/C12H19N3O/c1-9-12(13)6-11(7-14-9)16-8-10-4-3-5-15(10)2/h6-7,10H,3-5,8,13H2,1-2H3/t10-/m0/s1. The fourth-order valence-corrected chi connectivity index (χ4v) is 1.99. The van der Waals surface area contributed by atoms with Crippen LogP contribution in [0.3, 0.4) is 0 Å². The summed E-state index contributed by atoms with van der Waals surface area (Å²) < 4.78 is 5.71. The number of ether oxygens (including phenoxy) is 1. The number of pyridine rings is 1. The number of nitrogens with two attached hydrogens (primary N) is 1. The fourth-order valence-electron chi connectivity index (χ4n) is 1.99. The van der Waals surface area contributed by atoms with Crippen LogP contribution in [-0.4, -0.2) is 36.1 Å². The highest BCUT2D eigenvalue weighted by Crippen LogP contribution is 2.19. The van der Waals surface area contributed by atoms with Crippen molar-refractivity contribution in [2.75, 3.05) is 25.9 Å². The van der Waals surface area contributed by atoms with Gasteiger partial charge in [0.1, 0.15) is 12.4 Å². The third kappa shape index (κ3) is 2.44. The molecule has 0 aromatic carbocycles. The number of hydrogen-bond acceptors (Lipinski definition) is 4. The lowest BCUT2D eigenvalue weighted by molar-refractivity contribution is 0.198. The lowest BCUT2D eigenvalue weighted by Crippen LogP contribution is -2.30. The molecule has 1 aliphatic rings. The molecule has 2 N–H and O–H groups in total. The van der Waals surface area contributed by atoms with Crippen LogP contribution >= 0.6 is 0 Å². The topological polar surface area (TPSA) is 51.4 Å². The van der Waals surface area contributed by atoms with Crippen molar-refractivity contribution in [1.82, 2.24) is 9.88 Å². The van der Waals surface area contributed by atoms with Crippen molar-refractivity contribution in [3.63, 3.8) is 0 Å². The quantitative estimate of drug-likeness (QED) is 0.839. The Bertz CT molecular complexity index is 367. The van der Waals surface area contributed by atoms with Crippen molar-refractivity contribution in [3.8, 4) is 5.75 Å². The van der Waals surface area contributed by atoms with E-state index in [4.69, 9.17) is 10.5 Å². The molecule has 16 heavy (non-hydrogen) atoms. The molecule has 0 unspecified atom stereocenters. The summed E-state index contributed by atoms with van der Waals surface area (Å²) in [5, 5.41) is 0. The van der Waals surface area contributed by atoms with E-state index in [0.717, 1.165) is 18.1 Å². The maximum absolute atomic E-state index is 5.78. The molecule has 4 nitrogen and oxygen atoms in total. The van der Waals surface area contributed by atoms with Crippen molar-refractivity contribution in [2.45, 2.75) is 25.8 Å². The predicted octanol–water partition coefficient (Wildman–Crippen LogP) is 1.45. The number of rotatable bonds is 3. The summed E-state index contributed by atoms with van der Waals surface area (Å²) in [5.41, 5.74) is 7.32. The molecule has 4 heteroatoms. The summed E-state index contributed by atoms with van der Waals surface area (Å²) in [6, 6.07) is 2.37. The Labute approximate surface area is 96.4 Å². The molecule has 0 aliphatic carbocycles. The van der Waals surface area contributed by atoms with Gasteiger partial charge in [0, 0.05) is 12.1 Å². The first-order chi connectivity index (χ1) is 7.66. The summed E-state index contributed by atoms with van der Waals surface area (Å²) >= 11 is 0. The molecule has 0 saturated carbocycles. The van der Waals surface area contributed by atoms with Crippen molar-refractivity contribution in [2.24, 2.45) is 0 Å². The van der Waals surface area contributed by atoms with Gasteiger partial charge in [0.05, 0.1) is 17.6 Å². The van der Waals surface area contributed by atoms with Gasteiger partial charge < -0.3 is 15.4 Å². The van der Waals surface area contributed by atoms with E-state index in [1.54, 1.807) is 6.20 Å². The second-order valence-corrected chi connectivity index (χ2v) is 4.43. The van der Waals surface area contributed by atoms with Gasteiger partial charge in [0.2, 0.25) is 0 Å². The summed E-state index contributed by atoms with van der Waals surface area (Å²) in [4.78, 5) is 6.52. The maximum Gasteiger partial charge on any atom is 0.139 e. The number of nitrogen functional groups attached to an aromatic ring is 1. The van der Waals surface area contributed by atoms with Crippen LogP contribution in [0.4, 0.5) is 5.69 Å². The summed E-state index contributed by atoms with van der Waals surface area (Å²) in [7, 11) is 2.14. The Morgan fingerprint density at radius 2 is 2.44 bits per heavy atom. The smallest absolute Gasteiger partial charge is 0.139 e. The van der Waals surface area contributed by atoms with Crippen LogP contribution in [0, 0.1) is 6.92 Å². The average Bonchev–Trinajstić information content (AvgIpc) is 2.66. The van der Waals surface area contributed by atoms with Gasteiger partial charge in [-0.1, -0.05) is 0 Å². The van der Waals surface area contributed by atoms with E-state index < -0.39 is 0 Å². The molecule has 88 valence electrons. The zero-order valence-corrected chi connectivity index (χ0v) is 9.94. The molecule has 1 saturated heterocycles. The minimum Gasteiger partial charge on any atom is -0.490 e. The Morgan fingerprint density at radius 3 is 3.06 bits per heavy atom. The van der Waals surface area contributed by atoms with E-state index in [1.807, 2.05) is 13.0 Å². The summed E-state index contributed by atoms with van der Waals surface area (Å²) in [6.45, 7) is 3.78. The molecule has 1 aromatic heterocycles. The van der Waals surface area contributed by atoms with Crippen molar-refractivity contribution in [1.29, 1.82) is 0 Å². The zero-order valence-electron chi connectivity index (χ0n) is 9.94. The van der Waals surface area contributed by atoms with Gasteiger partial charge >= 0.3 is 0 Å². The van der Waals surface area contributed by atoms with Gasteiger partial charge in [-0.3, -0.25) is 4.98 Å². The van der Waals surface area contributed by atoms with E-state index in [0.29, 0.717) is 11.7 Å². The minimum absolute atomic E-state index is 0.530.